The molecule has 1 heterocycles. The fraction of sp³-hybridized carbons (Fsp3) is 0.333. The minimum Gasteiger partial charge on any atom is -0.339 e. The molecule has 0 bridgehead atoms. The quantitative estimate of drug-likeness (QED) is 0.827. The Morgan fingerprint density at radius 3 is 2.88 bits per heavy atom. The van der Waals surface area contributed by atoms with E-state index in [1.165, 1.54) is 23.1 Å². The molecule has 1 aliphatic rings. The number of carbonyl (C=O) groups excluding carboxylic acids is 2. The Kier molecular flexibility index (Phi) is 3.08. The van der Waals surface area contributed by atoms with E-state index in [2.05, 4.69) is 5.32 Å². The average Bonchev–Trinajstić information content (AvgIpc) is 2.31. The monoisotopic (exact) mass is 236 g/mol. The van der Waals surface area contributed by atoms with Gasteiger partial charge in [0.15, 0.2) is 0 Å². The molecule has 17 heavy (non-hydrogen) atoms. The van der Waals surface area contributed by atoms with E-state index in [9.17, 15) is 14.0 Å². The highest BCUT2D eigenvalue weighted by atomic mass is 19.1. The maximum Gasteiger partial charge on any atom is 0.250 e. The van der Waals surface area contributed by atoms with Crippen molar-refractivity contribution in [1.29, 1.82) is 0 Å². The molecular weight excluding hydrogens is 223 g/mol. The van der Waals surface area contributed by atoms with Crippen LogP contribution in [0.2, 0.25) is 0 Å². The molecule has 1 aromatic carbocycles. The van der Waals surface area contributed by atoms with E-state index in [0.29, 0.717) is 12.1 Å². The second kappa shape index (κ2) is 4.53. The number of amides is 2. The first kappa shape index (κ1) is 11.6. The Bertz CT molecular complexity index is 462. The topological polar surface area (TPSA) is 49.4 Å². The summed E-state index contributed by atoms with van der Waals surface area (Å²) in [6, 6.07) is 4.95. The lowest BCUT2D eigenvalue weighted by atomic mass is 10.0. The van der Waals surface area contributed by atoms with Crippen LogP contribution in [0.15, 0.2) is 24.3 Å². The lowest BCUT2D eigenvalue weighted by molar-refractivity contribution is -0.144. The highest BCUT2D eigenvalue weighted by Gasteiger charge is 2.32. The summed E-state index contributed by atoms with van der Waals surface area (Å²) >= 11 is 0. The van der Waals surface area contributed by atoms with E-state index in [1.54, 1.807) is 13.0 Å². The van der Waals surface area contributed by atoms with E-state index in [0.717, 1.165) is 0 Å². The van der Waals surface area contributed by atoms with Gasteiger partial charge in [-0.05, 0) is 24.6 Å². The molecule has 2 amide bonds. The molecule has 1 aromatic rings. The zero-order valence-corrected chi connectivity index (χ0v) is 9.44. The zero-order chi connectivity index (χ0) is 12.4. The third-order valence-electron chi connectivity index (χ3n) is 2.76. The molecule has 5 heteroatoms. The number of nitrogens with zero attached hydrogens (tertiary/aromatic N) is 1. The average molecular weight is 236 g/mol. The van der Waals surface area contributed by atoms with Crippen molar-refractivity contribution >= 4 is 11.8 Å². The minimum atomic E-state index is -0.771. The summed E-state index contributed by atoms with van der Waals surface area (Å²) in [6.45, 7) is 2.35. The van der Waals surface area contributed by atoms with Crippen LogP contribution < -0.4 is 5.32 Å². The first-order chi connectivity index (χ1) is 8.11. The highest BCUT2D eigenvalue weighted by molar-refractivity contribution is 5.95. The predicted octanol–water partition coefficient (Wildman–Crippen LogP) is 0.845. The van der Waals surface area contributed by atoms with Gasteiger partial charge in [-0.2, -0.15) is 0 Å². The lowest BCUT2D eigenvalue weighted by Gasteiger charge is -2.31. The number of hydrogen-bond donors (Lipinski definition) is 1. The van der Waals surface area contributed by atoms with Gasteiger partial charge < -0.3 is 10.2 Å². The number of halogens is 1. The van der Waals surface area contributed by atoms with E-state index >= 15 is 0 Å². The molecule has 1 aliphatic heterocycles. The van der Waals surface area contributed by atoms with Crippen molar-refractivity contribution in [3.63, 3.8) is 0 Å². The van der Waals surface area contributed by atoms with Crippen LogP contribution in [0.1, 0.15) is 18.5 Å². The molecule has 0 aromatic heterocycles. The van der Waals surface area contributed by atoms with Crippen LogP contribution >= 0.6 is 0 Å². The van der Waals surface area contributed by atoms with E-state index in [1.807, 2.05) is 0 Å². The van der Waals surface area contributed by atoms with Gasteiger partial charge in [0.05, 0.1) is 6.54 Å². The first-order valence-electron chi connectivity index (χ1n) is 5.45. The normalized spacial score (nSPS) is 20.4. The molecule has 2 rings (SSSR count). The lowest BCUT2D eigenvalue weighted by Crippen LogP contribution is -2.53. The number of carbonyl (C=O) groups is 2. The van der Waals surface area contributed by atoms with Crippen molar-refractivity contribution in [2.75, 3.05) is 13.1 Å². The van der Waals surface area contributed by atoms with E-state index in [4.69, 9.17) is 0 Å². The maximum atomic E-state index is 13.1. The van der Waals surface area contributed by atoms with Gasteiger partial charge in [0, 0.05) is 6.54 Å². The fourth-order valence-corrected chi connectivity index (χ4v) is 1.88. The molecule has 0 radical (unpaired) electrons. The molecule has 0 aliphatic carbocycles. The van der Waals surface area contributed by atoms with Gasteiger partial charge in [-0.15, -0.1) is 0 Å². The van der Waals surface area contributed by atoms with Gasteiger partial charge >= 0.3 is 0 Å². The minimum absolute atomic E-state index is 0.0706. The van der Waals surface area contributed by atoms with Crippen LogP contribution in [0.4, 0.5) is 4.39 Å². The van der Waals surface area contributed by atoms with Gasteiger partial charge in [-0.3, -0.25) is 9.59 Å². The molecule has 0 saturated carbocycles. The molecule has 0 unspecified atom stereocenters. The predicted molar refractivity (Wildman–Crippen MR) is 59.5 cm³/mol. The Morgan fingerprint density at radius 1 is 1.47 bits per heavy atom. The second-order valence-corrected chi connectivity index (χ2v) is 3.91. The number of piperazine rings is 1. The largest absolute Gasteiger partial charge is 0.339 e. The second-order valence-electron chi connectivity index (χ2n) is 3.91. The Balaban J connectivity index is 2.30. The molecule has 1 N–H and O–H groups in total. The summed E-state index contributed by atoms with van der Waals surface area (Å²) in [5, 5.41) is 2.58. The maximum absolute atomic E-state index is 13.1. The van der Waals surface area contributed by atoms with Crippen LogP contribution in [0.25, 0.3) is 0 Å². The van der Waals surface area contributed by atoms with Crippen molar-refractivity contribution in [1.82, 2.24) is 10.2 Å². The van der Waals surface area contributed by atoms with Gasteiger partial charge in [0.1, 0.15) is 11.9 Å². The van der Waals surface area contributed by atoms with Crippen molar-refractivity contribution in [3.05, 3.63) is 35.6 Å². The van der Waals surface area contributed by atoms with Crippen LogP contribution in [0.5, 0.6) is 0 Å². The smallest absolute Gasteiger partial charge is 0.250 e. The van der Waals surface area contributed by atoms with Gasteiger partial charge in [-0.1, -0.05) is 12.1 Å². The molecular formula is C12H13FN2O2. The van der Waals surface area contributed by atoms with E-state index in [-0.39, 0.29) is 18.4 Å². The molecule has 4 nitrogen and oxygen atoms in total. The Hall–Kier alpha value is -1.91. The van der Waals surface area contributed by atoms with Gasteiger partial charge in [0.25, 0.3) is 0 Å². The summed E-state index contributed by atoms with van der Waals surface area (Å²) in [7, 11) is 0. The van der Waals surface area contributed by atoms with Crippen LogP contribution in [0.3, 0.4) is 0 Å². The molecule has 0 spiro atoms. The van der Waals surface area contributed by atoms with Crippen molar-refractivity contribution < 1.29 is 14.0 Å². The van der Waals surface area contributed by atoms with Crippen LogP contribution in [0, 0.1) is 5.82 Å². The molecule has 1 atom stereocenters. The van der Waals surface area contributed by atoms with Crippen LogP contribution in [-0.2, 0) is 9.59 Å². The van der Waals surface area contributed by atoms with Crippen molar-refractivity contribution in [3.8, 4) is 0 Å². The number of likely N-dealkylation sites (N-methyl/N-ethyl adjacent to an activating group) is 1. The fourth-order valence-electron chi connectivity index (χ4n) is 1.88. The Labute approximate surface area is 98.4 Å². The summed E-state index contributed by atoms with van der Waals surface area (Å²) in [5.41, 5.74) is 0.474. The first-order valence-corrected chi connectivity index (χ1v) is 5.45. The van der Waals surface area contributed by atoms with Gasteiger partial charge in [0.2, 0.25) is 11.8 Å². The van der Waals surface area contributed by atoms with Gasteiger partial charge in [-0.25, -0.2) is 4.39 Å². The van der Waals surface area contributed by atoms with Crippen molar-refractivity contribution in [2.24, 2.45) is 0 Å². The summed E-state index contributed by atoms with van der Waals surface area (Å²) in [5.74, 6) is -0.836. The third kappa shape index (κ3) is 2.27. The summed E-state index contributed by atoms with van der Waals surface area (Å²) in [6.07, 6.45) is 0. The molecule has 1 saturated heterocycles. The molecule has 90 valence electrons. The summed E-state index contributed by atoms with van der Waals surface area (Å²) < 4.78 is 13.1. The Morgan fingerprint density at radius 2 is 2.24 bits per heavy atom. The number of benzene rings is 1. The SMILES string of the molecule is CCN1CC(=O)N[C@@H](c2cccc(F)c2)C1=O. The summed E-state index contributed by atoms with van der Waals surface area (Å²) in [4.78, 5) is 24.9. The van der Waals surface area contributed by atoms with Crippen LogP contribution in [-0.4, -0.2) is 29.8 Å². The number of nitrogens with one attached hydrogen (secondary N) is 1. The third-order valence-corrected chi connectivity index (χ3v) is 2.76. The highest BCUT2D eigenvalue weighted by Crippen LogP contribution is 2.19. The molecule has 1 fully saturated rings. The zero-order valence-electron chi connectivity index (χ0n) is 9.44. The number of rotatable bonds is 2. The van der Waals surface area contributed by atoms with E-state index < -0.39 is 11.9 Å². The number of hydrogen-bond acceptors (Lipinski definition) is 2. The standard InChI is InChI=1S/C12H13FN2O2/c1-2-15-7-10(16)14-11(12(15)17)8-4-3-5-9(13)6-8/h3-6,11H,2,7H2,1H3,(H,14,16)/t11-/m0/s1. The van der Waals surface area contributed by atoms with Crippen molar-refractivity contribution in [2.45, 2.75) is 13.0 Å².